The molecule has 0 aliphatic heterocycles. The Morgan fingerprint density at radius 1 is 0.923 bits per heavy atom. The second-order valence-corrected chi connectivity index (χ2v) is 5.90. The van der Waals surface area contributed by atoms with Crippen LogP contribution in [0.2, 0.25) is 5.02 Å². The van der Waals surface area contributed by atoms with Crippen molar-refractivity contribution in [2.24, 2.45) is 0 Å². The molecule has 6 nitrogen and oxygen atoms in total. The second-order valence-electron chi connectivity index (χ2n) is 5.49. The molecule has 0 radical (unpaired) electrons. The third kappa shape index (κ3) is 4.23. The van der Waals surface area contributed by atoms with Gasteiger partial charge in [0.25, 0.3) is 5.91 Å². The normalized spacial score (nSPS) is 10.2. The number of carbonyl (C=O) groups is 2. The standard InChI is InChI=1S/C19H15ClN4O2/c1-12(25)13-6-8-15(9-7-13)23-19-21-10-14(11-22-19)18(26)24-17-5-3-2-4-16(17)20/h2-11H,1H3,(H,24,26)(H,21,22,23). The molecule has 26 heavy (non-hydrogen) atoms. The fourth-order valence-corrected chi connectivity index (χ4v) is 2.37. The van der Waals surface area contributed by atoms with Crippen molar-refractivity contribution in [2.45, 2.75) is 6.92 Å². The van der Waals surface area contributed by atoms with E-state index < -0.39 is 0 Å². The Hall–Kier alpha value is -3.25. The Balaban J connectivity index is 1.67. The Morgan fingerprint density at radius 2 is 1.58 bits per heavy atom. The van der Waals surface area contributed by atoms with Crippen molar-refractivity contribution >= 4 is 40.6 Å². The number of anilines is 3. The van der Waals surface area contributed by atoms with Crippen molar-refractivity contribution in [1.82, 2.24) is 9.97 Å². The first-order valence-electron chi connectivity index (χ1n) is 7.79. The van der Waals surface area contributed by atoms with Gasteiger partial charge < -0.3 is 10.6 Å². The lowest BCUT2D eigenvalue weighted by molar-refractivity contribution is 0.101. The number of aromatic nitrogens is 2. The number of ketones is 1. The summed E-state index contributed by atoms with van der Waals surface area (Å²) < 4.78 is 0. The minimum Gasteiger partial charge on any atom is -0.324 e. The maximum Gasteiger partial charge on any atom is 0.258 e. The molecule has 7 heteroatoms. The van der Waals surface area contributed by atoms with Gasteiger partial charge in [0.05, 0.1) is 16.3 Å². The van der Waals surface area contributed by atoms with Gasteiger partial charge in [0, 0.05) is 23.6 Å². The number of benzene rings is 2. The summed E-state index contributed by atoms with van der Waals surface area (Å²) in [6, 6.07) is 13.9. The zero-order valence-electron chi connectivity index (χ0n) is 13.9. The van der Waals surface area contributed by atoms with E-state index in [-0.39, 0.29) is 11.7 Å². The van der Waals surface area contributed by atoms with E-state index in [1.807, 2.05) is 0 Å². The van der Waals surface area contributed by atoms with Gasteiger partial charge in [-0.25, -0.2) is 9.97 Å². The minimum atomic E-state index is -0.351. The monoisotopic (exact) mass is 366 g/mol. The van der Waals surface area contributed by atoms with E-state index in [1.54, 1.807) is 48.5 Å². The largest absolute Gasteiger partial charge is 0.324 e. The van der Waals surface area contributed by atoms with Gasteiger partial charge in [0.2, 0.25) is 5.95 Å². The molecule has 130 valence electrons. The highest BCUT2D eigenvalue weighted by atomic mass is 35.5. The van der Waals surface area contributed by atoms with Crippen molar-refractivity contribution in [1.29, 1.82) is 0 Å². The molecular weight excluding hydrogens is 352 g/mol. The number of halogens is 1. The molecule has 0 aliphatic carbocycles. The zero-order valence-corrected chi connectivity index (χ0v) is 14.6. The molecule has 0 bridgehead atoms. The average Bonchev–Trinajstić information content (AvgIpc) is 2.64. The summed E-state index contributed by atoms with van der Waals surface area (Å²) in [5.41, 5.74) is 2.20. The number of carbonyl (C=O) groups excluding carboxylic acids is 2. The quantitative estimate of drug-likeness (QED) is 0.656. The molecule has 1 heterocycles. The van der Waals surface area contributed by atoms with Crippen LogP contribution >= 0.6 is 11.6 Å². The van der Waals surface area contributed by atoms with Crippen LogP contribution in [0, 0.1) is 0 Å². The predicted molar refractivity (Wildman–Crippen MR) is 101 cm³/mol. The van der Waals surface area contributed by atoms with E-state index >= 15 is 0 Å². The SMILES string of the molecule is CC(=O)c1ccc(Nc2ncc(C(=O)Nc3ccccc3Cl)cn2)cc1. The molecule has 0 saturated heterocycles. The summed E-state index contributed by atoms with van der Waals surface area (Å²) in [6.07, 6.45) is 2.84. The summed E-state index contributed by atoms with van der Waals surface area (Å²) in [7, 11) is 0. The predicted octanol–water partition coefficient (Wildman–Crippen LogP) is 4.33. The Bertz CT molecular complexity index is 941. The lowest BCUT2D eigenvalue weighted by Crippen LogP contribution is -2.13. The van der Waals surface area contributed by atoms with E-state index in [4.69, 9.17) is 11.6 Å². The van der Waals surface area contributed by atoms with Crippen molar-refractivity contribution in [3.05, 3.63) is 77.1 Å². The first-order valence-corrected chi connectivity index (χ1v) is 8.16. The summed E-state index contributed by atoms with van der Waals surface area (Å²) in [6.45, 7) is 1.51. The van der Waals surface area contributed by atoms with Gasteiger partial charge in [-0.1, -0.05) is 23.7 Å². The van der Waals surface area contributed by atoms with Crippen LogP contribution in [0.15, 0.2) is 60.9 Å². The van der Waals surface area contributed by atoms with Crippen molar-refractivity contribution < 1.29 is 9.59 Å². The van der Waals surface area contributed by atoms with Gasteiger partial charge in [-0.3, -0.25) is 9.59 Å². The Labute approximate surface area is 155 Å². The highest BCUT2D eigenvalue weighted by Gasteiger charge is 2.10. The number of Topliss-reactive ketones (excluding diaryl/α,β-unsaturated/α-hetero) is 1. The lowest BCUT2D eigenvalue weighted by Gasteiger charge is -2.08. The van der Waals surface area contributed by atoms with Crippen molar-refractivity contribution in [2.75, 3.05) is 10.6 Å². The first-order chi connectivity index (χ1) is 12.5. The Morgan fingerprint density at radius 3 is 2.19 bits per heavy atom. The highest BCUT2D eigenvalue weighted by molar-refractivity contribution is 6.33. The van der Waals surface area contributed by atoms with E-state index in [9.17, 15) is 9.59 Å². The number of nitrogens with zero attached hydrogens (tertiary/aromatic N) is 2. The van der Waals surface area contributed by atoms with Crippen LogP contribution in [0.25, 0.3) is 0 Å². The van der Waals surface area contributed by atoms with Crippen molar-refractivity contribution in [3.8, 4) is 0 Å². The molecule has 1 amide bonds. The van der Waals surface area contributed by atoms with Gasteiger partial charge in [-0.2, -0.15) is 0 Å². The van der Waals surface area contributed by atoms with Gasteiger partial charge in [-0.15, -0.1) is 0 Å². The first kappa shape index (κ1) is 17.6. The molecule has 0 aliphatic rings. The molecule has 1 aromatic heterocycles. The molecular formula is C19H15ClN4O2. The molecule has 0 spiro atoms. The van der Waals surface area contributed by atoms with Crippen LogP contribution in [0.3, 0.4) is 0 Å². The summed E-state index contributed by atoms with van der Waals surface area (Å²) in [5.74, 6) is -0.00739. The van der Waals surface area contributed by atoms with E-state index in [0.717, 1.165) is 5.69 Å². The average molecular weight is 367 g/mol. The van der Waals surface area contributed by atoms with E-state index in [1.165, 1.54) is 19.3 Å². The zero-order chi connectivity index (χ0) is 18.5. The second kappa shape index (κ2) is 7.76. The maximum atomic E-state index is 12.2. The fraction of sp³-hybridized carbons (Fsp3) is 0.0526. The van der Waals surface area contributed by atoms with Crippen LogP contribution in [0.5, 0.6) is 0 Å². The number of hydrogen-bond donors (Lipinski definition) is 2. The lowest BCUT2D eigenvalue weighted by atomic mass is 10.1. The molecule has 0 atom stereocenters. The molecule has 2 N–H and O–H groups in total. The fourth-order valence-electron chi connectivity index (χ4n) is 2.18. The molecule has 0 unspecified atom stereocenters. The minimum absolute atomic E-state index is 0.00156. The molecule has 2 aromatic carbocycles. The van der Waals surface area contributed by atoms with E-state index in [0.29, 0.717) is 27.8 Å². The molecule has 0 fully saturated rings. The van der Waals surface area contributed by atoms with Crippen LogP contribution in [-0.4, -0.2) is 21.7 Å². The van der Waals surface area contributed by atoms with Crippen LogP contribution in [0.1, 0.15) is 27.6 Å². The number of nitrogens with one attached hydrogen (secondary N) is 2. The van der Waals surface area contributed by atoms with Gasteiger partial charge in [0.1, 0.15) is 0 Å². The van der Waals surface area contributed by atoms with Crippen LogP contribution < -0.4 is 10.6 Å². The van der Waals surface area contributed by atoms with Gasteiger partial charge >= 0.3 is 0 Å². The number of para-hydroxylation sites is 1. The third-order valence-corrected chi connectivity index (χ3v) is 3.91. The van der Waals surface area contributed by atoms with E-state index in [2.05, 4.69) is 20.6 Å². The smallest absolute Gasteiger partial charge is 0.258 e. The molecule has 3 rings (SSSR count). The molecule has 3 aromatic rings. The van der Waals surface area contributed by atoms with Gasteiger partial charge in [0.15, 0.2) is 5.78 Å². The highest BCUT2D eigenvalue weighted by Crippen LogP contribution is 2.21. The number of rotatable bonds is 5. The third-order valence-electron chi connectivity index (χ3n) is 3.58. The van der Waals surface area contributed by atoms with Crippen molar-refractivity contribution in [3.63, 3.8) is 0 Å². The van der Waals surface area contributed by atoms with Crippen LogP contribution in [0.4, 0.5) is 17.3 Å². The molecule has 0 saturated carbocycles. The number of hydrogen-bond acceptors (Lipinski definition) is 5. The maximum absolute atomic E-state index is 12.2. The summed E-state index contributed by atoms with van der Waals surface area (Å²) in [4.78, 5) is 31.8. The summed E-state index contributed by atoms with van der Waals surface area (Å²) in [5, 5.41) is 6.17. The van der Waals surface area contributed by atoms with Crippen LogP contribution in [-0.2, 0) is 0 Å². The topological polar surface area (TPSA) is 84.0 Å². The summed E-state index contributed by atoms with van der Waals surface area (Å²) >= 11 is 6.02. The Kier molecular flexibility index (Phi) is 5.24. The number of amides is 1. The van der Waals surface area contributed by atoms with Gasteiger partial charge in [-0.05, 0) is 43.3 Å².